The topological polar surface area (TPSA) is 84.3 Å². The van der Waals surface area contributed by atoms with Gasteiger partial charge >= 0.3 is 0 Å². The molecule has 1 aromatic carbocycles. The van der Waals surface area contributed by atoms with E-state index in [9.17, 15) is 14.9 Å². The first-order chi connectivity index (χ1) is 9.52. The Bertz CT molecular complexity index is 587. The molecule has 106 valence electrons. The third-order valence-electron chi connectivity index (χ3n) is 3.47. The average Bonchev–Trinajstić information content (AvgIpc) is 2.36. The molecule has 1 aliphatic heterocycles. The predicted molar refractivity (Wildman–Crippen MR) is 76.7 cm³/mol. The lowest BCUT2D eigenvalue weighted by Crippen LogP contribution is -2.36. The zero-order valence-corrected chi connectivity index (χ0v) is 11.5. The van der Waals surface area contributed by atoms with Gasteiger partial charge in [0, 0.05) is 36.0 Å². The predicted octanol–water partition coefficient (Wildman–Crippen LogP) is 2.02. The van der Waals surface area contributed by atoms with Crippen molar-refractivity contribution >= 4 is 17.3 Å². The number of hydrogen-bond acceptors (Lipinski definition) is 4. The number of amides is 1. The molecule has 2 N–H and O–H groups in total. The van der Waals surface area contributed by atoms with E-state index in [0.29, 0.717) is 23.2 Å². The summed E-state index contributed by atoms with van der Waals surface area (Å²) in [6, 6.07) is 4.79. The minimum atomic E-state index is -0.421. The molecule has 2 rings (SSSR count). The Kier molecular flexibility index (Phi) is 4.14. The molecule has 6 nitrogen and oxygen atoms in total. The Balaban J connectivity index is 2.19. The van der Waals surface area contributed by atoms with Gasteiger partial charge in [0.1, 0.15) is 0 Å². The molecule has 0 bridgehead atoms. The molecule has 1 saturated heterocycles. The average molecular weight is 275 g/mol. The third kappa shape index (κ3) is 2.85. The Morgan fingerprint density at radius 2 is 2.15 bits per heavy atom. The summed E-state index contributed by atoms with van der Waals surface area (Å²) in [4.78, 5) is 22.6. The first kappa shape index (κ1) is 14.2. The van der Waals surface area contributed by atoms with Gasteiger partial charge in [-0.1, -0.05) is 13.0 Å². The Labute approximate surface area is 117 Å². The number of benzene rings is 1. The van der Waals surface area contributed by atoms with E-state index in [1.165, 1.54) is 6.07 Å². The van der Waals surface area contributed by atoms with Crippen LogP contribution in [0, 0.1) is 10.1 Å². The van der Waals surface area contributed by atoms with Gasteiger partial charge in [-0.15, -0.1) is 0 Å². The van der Waals surface area contributed by atoms with Gasteiger partial charge in [-0.05, 0) is 25.0 Å². The number of nitrogens with zero attached hydrogens (tertiary/aromatic N) is 1. The van der Waals surface area contributed by atoms with Crippen molar-refractivity contribution in [2.75, 3.05) is 18.4 Å². The molecular formula is C14H17N3O3. The van der Waals surface area contributed by atoms with Crippen molar-refractivity contribution < 1.29 is 9.72 Å². The van der Waals surface area contributed by atoms with Crippen LogP contribution in [0.3, 0.4) is 0 Å². The van der Waals surface area contributed by atoms with Gasteiger partial charge in [0.15, 0.2) is 0 Å². The number of nitro groups is 1. The van der Waals surface area contributed by atoms with Crippen LogP contribution in [0.2, 0.25) is 0 Å². The molecule has 1 aliphatic rings. The number of anilines is 1. The van der Waals surface area contributed by atoms with Crippen LogP contribution in [0.5, 0.6) is 0 Å². The van der Waals surface area contributed by atoms with E-state index in [1.807, 2.05) is 6.92 Å². The largest absolute Gasteiger partial charge is 0.322 e. The molecule has 0 saturated carbocycles. The second-order valence-corrected chi connectivity index (χ2v) is 4.74. The van der Waals surface area contributed by atoms with Gasteiger partial charge in [-0.25, -0.2) is 0 Å². The zero-order chi connectivity index (χ0) is 14.7. The van der Waals surface area contributed by atoms with Crippen LogP contribution in [0.25, 0.3) is 0 Å². The second kappa shape index (κ2) is 5.83. The summed E-state index contributed by atoms with van der Waals surface area (Å²) in [5.41, 5.74) is 2.89. The number of aryl methyl sites for hydroxylation is 1. The number of rotatable bonds is 4. The van der Waals surface area contributed by atoms with Gasteiger partial charge < -0.3 is 10.6 Å². The Morgan fingerprint density at radius 3 is 2.65 bits per heavy atom. The maximum absolute atomic E-state index is 12.0. The summed E-state index contributed by atoms with van der Waals surface area (Å²) in [6.45, 7) is 5.08. The quantitative estimate of drug-likeness (QED) is 0.500. The maximum Gasteiger partial charge on any atom is 0.274 e. The first-order valence-electron chi connectivity index (χ1n) is 6.51. The fraction of sp³-hybridized carbons (Fsp3) is 0.357. The van der Waals surface area contributed by atoms with Crippen molar-refractivity contribution in [3.63, 3.8) is 0 Å². The fourth-order valence-electron chi connectivity index (χ4n) is 2.01. The number of nitro benzene ring substituents is 1. The highest BCUT2D eigenvalue weighted by Gasteiger charge is 2.18. The lowest BCUT2D eigenvalue weighted by Gasteiger charge is -2.21. The molecule has 0 spiro atoms. The van der Waals surface area contributed by atoms with Gasteiger partial charge in [0.05, 0.1) is 4.92 Å². The van der Waals surface area contributed by atoms with E-state index in [2.05, 4.69) is 10.6 Å². The van der Waals surface area contributed by atoms with Gasteiger partial charge in [-0.3, -0.25) is 14.9 Å². The van der Waals surface area contributed by atoms with Crippen molar-refractivity contribution in [3.8, 4) is 0 Å². The number of hydrogen-bond donors (Lipinski definition) is 2. The van der Waals surface area contributed by atoms with E-state index in [4.69, 9.17) is 0 Å². The molecular weight excluding hydrogens is 258 g/mol. The smallest absolute Gasteiger partial charge is 0.274 e. The van der Waals surface area contributed by atoms with Crippen LogP contribution in [0.15, 0.2) is 29.3 Å². The third-order valence-corrected chi connectivity index (χ3v) is 3.47. The molecule has 0 atom stereocenters. The highest BCUT2D eigenvalue weighted by molar-refractivity contribution is 6.04. The molecule has 1 heterocycles. The van der Waals surface area contributed by atoms with Gasteiger partial charge in [0.2, 0.25) is 0 Å². The maximum atomic E-state index is 12.0. The number of carbonyl (C=O) groups is 1. The molecule has 1 amide bonds. The van der Waals surface area contributed by atoms with E-state index in [1.54, 1.807) is 19.1 Å². The molecule has 1 aromatic rings. The summed E-state index contributed by atoms with van der Waals surface area (Å²) in [5, 5.41) is 16.8. The van der Waals surface area contributed by atoms with Gasteiger partial charge in [0.25, 0.3) is 11.6 Å². The van der Waals surface area contributed by atoms with Crippen molar-refractivity contribution in [2.45, 2.75) is 20.3 Å². The highest BCUT2D eigenvalue weighted by atomic mass is 16.6. The van der Waals surface area contributed by atoms with Crippen molar-refractivity contribution in [1.29, 1.82) is 0 Å². The first-order valence-corrected chi connectivity index (χ1v) is 6.51. The van der Waals surface area contributed by atoms with Crippen LogP contribution in [0.4, 0.5) is 11.4 Å². The molecule has 0 aromatic heterocycles. The Morgan fingerprint density at radius 1 is 1.45 bits per heavy atom. The highest BCUT2D eigenvalue weighted by Crippen LogP contribution is 2.24. The summed E-state index contributed by atoms with van der Waals surface area (Å²) in [5.74, 6) is -0.208. The minimum absolute atomic E-state index is 0.0425. The minimum Gasteiger partial charge on any atom is -0.322 e. The van der Waals surface area contributed by atoms with Gasteiger partial charge in [-0.2, -0.15) is 0 Å². The van der Waals surface area contributed by atoms with Crippen molar-refractivity contribution in [1.82, 2.24) is 5.32 Å². The fourth-order valence-corrected chi connectivity index (χ4v) is 2.01. The summed E-state index contributed by atoms with van der Waals surface area (Å²) >= 11 is 0. The monoisotopic (exact) mass is 275 g/mol. The van der Waals surface area contributed by atoms with Crippen molar-refractivity contribution in [3.05, 3.63) is 45.0 Å². The zero-order valence-electron chi connectivity index (χ0n) is 11.5. The summed E-state index contributed by atoms with van der Waals surface area (Å²) < 4.78 is 0. The van der Waals surface area contributed by atoms with Crippen molar-refractivity contribution in [2.24, 2.45) is 0 Å². The van der Waals surface area contributed by atoms with Crippen LogP contribution in [-0.4, -0.2) is 23.9 Å². The lowest BCUT2D eigenvalue weighted by molar-refractivity contribution is -0.385. The summed E-state index contributed by atoms with van der Waals surface area (Å²) in [7, 11) is 0. The van der Waals surface area contributed by atoms with E-state index in [-0.39, 0.29) is 11.6 Å². The lowest BCUT2D eigenvalue weighted by atomic mass is 10.0. The standard InChI is InChI=1S/C14H17N3O3/c1-3-10-4-5-12(6-13(10)17(19)20)16-14(18)9(2)11-7-15-8-11/h4-6,15H,3,7-8H2,1-2H3,(H,16,18). The second-order valence-electron chi connectivity index (χ2n) is 4.74. The Hall–Kier alpha value is -2.21. The molecule has 20 heavy (non-hydrogen) atoms. The molecule has 6 heteroatoms. The SMILES string of the molecule is CCc1ccc(NC(=O)C(C)=C2CNC2)cc1[N+](=O)[O-]. The van der Waals surface area contributed by atoms with E-state index < -0.39 is 4.92 Å². The normalized spacial score (nSPS) is 13.6. The van der Waals surface area contributed by atoms with Crippen LogP contribution in [-0.2, 0) is 11.2 Å². The molecule has 1 fully saturated rings. The molecule has 0 aliphatic carbocycles. The summed E-state index contributed by atoms with van der Waals surface area (Å²) in [6.07, 6.45) is 0.583. The van der Waals surface area contributed by atoms with E-state index >= 15 is 0 Å². The van der Waals surface area contributed by atoms with Crippen LogP contribution >= 0.6 is 0 Å². The molecule has 0 radical (unpaired) electrons. The van der Waals surface area contributed by atoms with Crippen LogP contribution < -0.4 is 10.6 Å². The molecule has 0 unspecified atom stereocenters. The van der Waals surface area contributed by atoms with E-state index in [0.717, 1.165) is 18.7 Å². The number of nitrogens with one attached hydrogen (secondary N) is 2. The number of carbonyl (C=O) groups excluding carboxylic acids is 1. The van der Waals surface area contributed by atoms with Crippen LogP contribution in [0.1, 0.15) is 19.4 Å².